The lowest BCUT2D eigenvalue weighted by molar-refractivity contribution is 0.0591. The maximum absolute atomic E-state index is 12.3. The molecule has 0 aliphatic rings. The molecule has 0 saturated heterocycles. The van der Waals surface area contributed by atoms with Crippen LogP contribution in [0.25, 0.3) is 0 Å². The number of esters is 1. The first-order valence-corrected chi connectivity index (χ1v) is 6.10. The van der Waals surface area contributed by atoms with E-state index < -0.39 is 5.97 Å². The molecule has 0 radical (unpaired) electrons. The Labute approximate surface area is 108 Å². The number of aryl methyl sites for hydroxylation is 1. The zero-order valence-corrected chi connectivity index (χ0v) is 10.8. The quantitative estimate of drug-likeness (QED) is 0.629. The van der Waals surface area contributed by atoms with E-state index in [9.17, 15) is 9.59 Å². The second kappa shape index (κ2) is 5.10. The molecule has 1 heterocycles. The van der Waals surface area contributed by atoms with Gasteiger partial charge in [0.25, 0.3) is 0 Å². The molecule has 0 spiro atoms. The number of rotatable bonds is 3. The molecule has 0 amide bonds. The van der Waals surface area contributed by atoms with E-state index in [2.05, 4.69) is 9.72 Å². The minimum Gasteiger partial charge on any atom is -0.464 e. The fraction of sp³-hybridized carbons (Fsp3) is 0.154. The fourth-order valence-electron chi connectivity index (χ4n) is 1.54. The van der Waals surface area contributed by atoms with Gasteiger partial charge in [0, 0.05) is 5.56 Å². The van der Waals surface area contributed by atoms with Crippen molar-refractivity contribution < 1.29 is 14.3 Å². The van der Waals surface area contributed by atoms with Crippen molar-refractivity contribution in [1.29, 1.82) is 0 Å². The average Bonchev–Trinajstić information content (AvgIpc) is 2.80. The molecule has 0 fully saturated rings. The van der Waals surface area contributed by atoms with Crippen molar-refractivity contribution in [2.24, 2.45) is 0 Å². The Morgan fingerprint density at radius 1 is 1.22 bits per heavy atom. The van der Waals surface area contributed by atoms with Crippen LogP contribution in [0.4, 0.5) is 0 Å². The number of carbonyl (C=O) groups is 2. The Bertz CT molecular complexity index is 590. The fourth-order valence-corrected chi connectivity index (χ4v) is 2.41. The highest BCUT2D eigenvalue weighted by molar-refractivity contribution is 7.14. The molecule has 0 aliphatic carbocycles. The lowest BCUT2D eigenvalue weighted by atomic mass is 10.1. The summed E-state index contributed by atoms with van der Waals surface area (Å²) in [7, 11) is 1.27. The molecule has 2 aromatic rings. The van der Waals surface area contributed by atoms with Gasteiger partial charge in [-0.25, -0.2) is 9.78 Å². The van der Waals surface area contributed by atoms with E-state index in [4.69, 9.17) is 0 Å². The second-order valence-corrected chi connectivity index (χ2v) is 4.80. The van der Waals surface area contributed by atoms with Crippen LogP contribution in [0.2, 0.25) is 0 Å². The number of nitrogens with zero attached hydrogens (tertiary/aromatic N) is 1. The molecule has 1 aromatic heterocycles. The number of thiazole rings is 1. The number of hydrogen-bond donors (Lipinski definition) is 0. The van der Waals surface area contributed by atoms with Crippen molar-refractivity contribution in [1.82, 2.24) is 4.98 Å². The highest BCUT2D eigenvalue weighted by Crippen LogP contribution is 2.22. The predicted octanol–water partition coefficient (Wildman–Crippen LogP) is 2.47. The highest BCUT2D eigenvalue weighted by atomic mass is 32.1. The third-order valence-corrected chi connectivity index (χ3v) is 3.32. The van der Waals surface area contributed by atoms with Crippen LogP contribution < -0.4 is 0 Å². The summed E-state index contributed by atoms with van der Waals surface area (Å²) in [5.74, 6) is -0.791. The SMILES string of the molecule is COC(=O)c1nc(C)sc1C(=O)c1ccccc1. The van der Waals surface area contributed by atoms with E-state index in [-0.39, 0.29) is 11.5 Å². The van der Waals surface area contributed by atoms with Gasteiger partial charge in [-0.15, -0.1) is 11.3 Å². The summed E-state index contributed by atoms with van der Waals surface area (Å²) in [5, 5.41) is 0.662. The Morgan fingerprint density at radius 2 is 1.89 bits per heavy atom. The minimum atomic E-state index is -0.585. The van der Waals surface area contributed by atoms with Crippen LogP contribution in [-0.2, 0) is 4.74 Å². The second-order valence-electron chi connectivity index (χ2n) is 3.60. The number of aromatic nitrogens is 1. The molecule has 5 heteroatoms. The van der Waals surface area contributed by atoms with Crippen LogP contribution in [0.15, 0.2) is 30.3 Å². The summed E-state index contributed by atoms with van der Waals surface area (Å²) in [5.41, 5.74) is 0.625. The topological polar surface area (TPSA) is 56.3 Å². The number of ketones is 1. The van der Waals surface area contributed by atoms with E-state index in [1.54, 1.807) is 31.2 Å². The molecular formula is C13H11NO3S. The summed E-state index contributed by atoms with van der Waals surface area (Å²) in [6.45, 7) is 1.75. The Morgan fingerprint density at radius 3 is 2.50 bits per heavy atom. The van der Waals surface area contributed by atoms with Crippen LogP contribution >= 0.6 is 11.3 Å². The van der Waals surface area contributed by atoms with Gasteiger partial charge >= 0.3 is 5.97 Å². The molecule has 0 saturated carbocycles. The molecule has 1 aromatic carbocycles. The van der Waals surface area contributed by atoms with Crippen LogP contribution in [0.1, 0.15) is 30.7 Å². The van der Waals surface area contributed by atoms with Gasteiger partial charge in [0.15, 0.2) is 5.69 Å². The first-order chi connectivity index (χ1) is 8.63. The third kappa shape index (κ3) is 2.31. The molecule has 2 rings (SSSR count). The van der Waals surface area contributed by atoms with Gasteiger partial charge in [0.1, 0.15) is 4.88 Å². The van der Waals surface area contributed by atoms with Gasteiger partial charge in [0.2, 0.25) is 5.78 Å². The van der Waals surface area contributed by atoms with Gasteiger partial charge in [-0.3, -0.25) is 4.79 Å². The molecular weight excluding hydrogens is 250 g/mol. The van der Waals surface area contributed by atoms with Gasteiger partial charge in [-0.2, -0.15) is 0 Å². The summed E-state index contributed by atoms with van der Waals surface area (Å²) in [4.78, 5) is 28.2. The molecule has 0 atom stereocenters. The van der Waals surface area contributed by atoms with Gasteiger partial charge in [0.05, 0.1) is 12.1 Å². The lowest BCUT2D eigenvalue weighted by Gasteiger charge is -2.00. The molecule has 18 heavy (non-hydrogen) atoms. The van der Waals surface area contributed by atoms with E-state index in [1.807, 2.05) is 6.07 Å². The molecule has 0 unspecified atom stereocenters. The standard InChI is InChI=1S/C13H11NO3S/c1-8-14-10(13(16)17-2)12(18-8)11(15)9-6-4-3-5-7-9/h3-7H,1-2H3. The summed E-state index contributed by atoms with van der Waals surface area (Å²) < 4.78 is 4.63. The third-order valence-electron chi connectivity index (χ3n) is 2.36. The lowest BCUT2D eigenvalue weighted by Crippen LogP contribution is -2.09. The molecule has 4 nitrogen and oxygen atoms in total. The van der Waals surface area contributed by atoms with Crippen LogP contribution in [0, 0.1) is 6.92 Å². The molecule has 0 aliphatic heterocycles. The zero-order valence-electron chi connectivity index (χ0n) is 9.97. The van der Waals surface area contributed by atoms with Crippen LogP contribution in [-0.4, -0.2) is 23.8 Å². The normalized spacial score (nSPS) is 10.1. The predicted molar refractivity (Wildman–Crippen MR) is 68.1 cm³/mol. The van der Waals surface area contributed by atoms with Crippen molar-refractivity contribution in [3.8, 4) is 0 Å². The van der Waals surface area contributed by atoms with E-state index in [1.165, 1.54) is 18.4 Å². The summed E-state index contributed by atoms with van der Waals surface area (Å²) in [6.07, 6.45) is 0. The van der Waals surface area contributed by atoms with Crippen molar-refractivity contribution >= 4 is 23.1 Å². The van der Waals surface area contributed by atoms with Gasteiger partial charge in [-0.1, -0.05) is 30.3 Å². The maximum Gasteiger partial charge on any atom is 0.358 e. The molecule has 0 N–H and O–H groups in total. The Balaban J connectivity index is 2.45. The van der Waals surface area contributed by atoms with Crippen molar-refractivity contribution in [2.75, 3.05) is 7.11 Å². The number of benzene rings is 1. The smallest absolute Gasteiger partial charge is 0.358 e. The average molecular weight is 261 g/mol. The van der Waals surface area contributed by atoms with E-state index >= 15 is 0 Å². The highest BCUT2D eigenvalue weighted by Gasteiger charge is 2.23. The first kappa shape index (κ1) is 12.4. The number of hydrogen-bond acceptors (Lipinski definition) is 5. The van der Waals surface area contributed by atoms with Gasteiger partial charge in [-0.05, 0) is 6.92 Å². The molecule has 0 bridgehead atoms. The summed E-state index contributed by atoms with van der Waals surface area (Å²) >= 11 is 1.20. The van der Waals surface area contributed by atoms with E-state index in [0.29, 0.717) is 15.4 Å². The van der Waals surface area contributed by atoms with Crippen molar-refractivity contribution in [3.05, 3.63) is 51.5 Å². The zero-order chi connectivity index (χ0) is 13.1. The number of methoxy groups -OCH3 is 1. The first-order valence-electron chi connectivity index (χ1n) is 5.29. The Kier molecular flexibility index (Phi) is 3.53. The maximum atomic E-state index is 12.3. The van der Waals surface area contributed by atoms with Gasteiger partial charge < -0.3 is 4.74 Å². The summed E-state index contributed by atoms with van der Waals surface area (Å²) in [6, 6.07) is 8.80. The van der Waals surface area contributed by atoms with Crippen LogP contribution in [0.5, 0.6) is 0 Å². The minimum absolute atomic E-state index is 0.0915. The van der Waals surface area contributed by atoms with E-state index in [0.717, 1.165) is 0 Å². The number of carbonyl (C=O) groups excluding carboxylic acids is 2. The van der Waals surface area contributed by atoms with Crippen molar-refractivity contribution in [3.63, 3.8) is 0 Å². The monoisotopic (exact) mass is 261 g/mol. The number of ether oxygens (including phenoxy) is 1. The molecule has 92 valence electrons. The van der Waals surface area contributed by atoms with Crippen LogP contribution in [0.3, 0.4) is 0 Å². The Hall–Kier alpha value is -2.01. The largest absolute Gasteiger partial charge is 0.464 e. The van der Waals surface area contributed by atoms with Crippen molar-refractivity contribution in [2.45, 2.75) is 6.92 Å².